The summed E-state index contributed by atoms with van der Waals surface area (Å²) >= 11 is 5.58. The monoisotopic (exact) mass is 238 g/mol. The molecule has 0 unspecified atom stereocenters. The number of alkyl halides is 3. The lowest BCUT2D eigenvalue weighted by molar-refractivity contribution is -0.153. The van der Waals surface area contributed by atoms with Crippen molar-refractivity contribution in [3.8, 4) is 5.75 Å². The van der Waals surface area contributed by atoms with Crippen molar-refractivity contribution in [1.82, 2.24) is 0 Å². The second-order valence-corrected chi connectivity index (χ2v) is 3.11. The minimum atomic E-state index is -4.40. The molecular formula is C9H6ClF3O2. The summed E-state index contributed by atoms with van der Waals surface area (Å²) in [5, 5.41) is 0.171. The van der Waals surface area contributed by atoms with Gasteiger partial charge in [-0.25, -0.2) is 0 Å². The SMILES string of the molecule is O=Cc1cc(OCC(F)(F)F)ccc1Cl. The smallest absolute Gasteiger partial charge is 0.422 e. The van der Waals surface area contributed by atoms with Crippen LogP contribution >= 0.6 is 11.6 Å². The molecule has 0 spiro atoms. The summed E-state index contributed by atoms with van der Waals surface area (Å²) in [4.78, 5) is 10.4. The van der Waals surface area contributed by atoms with Gasteiger partial charge in [0, 0.05) is 5.56 Å². The van der Waals surface area contributed by atoms with E-state index in [1.807, 2.05) is 0 Å². The van der Waals surface area contributed by atoms with E-state index in [2.05, 4.69) is 4.74 Å². The first-order chi connectivity index (χ1) is 6.92. The molecular weight excluding hydrogens is 233 g/mol. The van der Waals surface area contributed by atoms with Crippen molar-refractivity contribution in [2.45, 2.75) is 6.18 Å². The molecule has 1 rings (SSSR count). The van der Waals surface area contributed by atoms with Crippen molar-refractivity contribution >= 4 is 17.9 Å². The van der Waals surface area contributed by atoms with Crippen molar-refractivity contribution in [3.05, 3.63) is 28.8 Å². The summed E-state index contributed by atoms with van der Waals surface area (Å²) in [5.74, 6) is -0.0428. The van der Waals surface area contributed by atoms with Gasteiger partial charge in [-0.15, -0.1) is 0 Å². The Morgan fingerprint density at radius 2 is 2.07 bits per heavy atom. The zero-order valence-electron chi connectivity index (χ0n) is 7.34. The van der Waals surface area contributed by atoms with E-state index < -0.39 is 12.8 Å². The summed E-state index contributed by atoms with van der Waals surface area (Å²) in [5.41, 5.74) is 0.0938. The number of hydrogen-bond acceptors (Lipinski definition) is 2. The van der Waals surface area contributed by atoms with Crippen LogP contribution in [-0.2, 0) is 0 Å². The van der Waals surface area contributed by atoms with Crippen LogP contribution in [0.15, 0.2) is 18.2 Å². The van der Waals surface area contributed by atoms with E-state index in [0.29, 0.717) is 6.29 Å². The standard InChI is InChI=1S/C9H6ClF3O2/c10-8-2-1-7(3-6(8)4-14)15-5-9(11,12)13/h1-4H,5H2. The summed E-state index contributed by atoms with van der Waals surface area (Å²) in [7, 11) is 0. The van der Waals surface area contributed by atoms with Crippen molar-refractivity contribution < 1.29 is 22.7 Å². The van der Waals surface area contributed by atoms with Gasteiger partial charge >= 0.3 is 6.18 Å². The molecule has 0 fully saturated rings. The van der Waals surface area contributed by atoms with Gasteiger partial charge in [-0.1, -0.05) is 11.6 Å². The zero-order chi connectivity index (χ0) is 11.5. The molecule has 82 valence electrons. The molecule has 1 aromatic carbocycles. The topological polar surface area (TPSA) is 26.3 Å². The fraction of sp³-hybridized carbons (Fsp3) is 0.222. The van der Waals surface area contributed by atoms with Crippen LogP contribution in [0.3, 0.4) is 0 Å². The Labute approximate surface area is 88.6 Å². The van der Waals surface area contributed by atoms with Crippen LogP contribution in [0.25, 0.3) is 0 Å². The predicted octanol–water partition coefficient (Wildman–Crippen LogP) is 3.09. The van der Waals surface area contributed by atoms with Gasteiger partial charge < -0.3 is 4.74 Å². The summed E-state index contributed by atoms with van der Waals surface area (Å²) in [6.45, 7) is -1.40. The average Bonchev–Trinajstić information content (AvgIpc) is 2.15. The van der Waals surface area contributed by atoms with Crippen LogP contribution in [0.2, 0.25) is 5.02 Å². The van der Waals surface area contributed by atoms with Crippen LogP contribution in [0.5, 0.6) is 5.75 Å². The van der Waals surface area contributed by atoms with Gasteiger partial charge in [0.25, 0.3) is 0 Å². The van der Waals surface area contributed by atoms with Gasteiger partial charge in [0.05, 0.1) is 5.02 Å². The maximum absolute atomic E-state index is 11.8. The Kier molecular flexibility index (Phi) is 3.57. The van der Waals surface area contributed by atoms with Crippen LogP contribution < -0.4 is 4.74 Å². The molecule has 0 saturated heterocycles. The molecule has 0 aliphatic carbocycles. The van der Waals surface area contributed by atoms with Gasteiger partial charge in [0.2, 0.25) is 0 Å². The zero-order valence-corrected chi connectivity index (χ0v) is 8.10. The minimum Gasteiger partial charge on any atom is -0.484 e. The van der Waals surface area contributed by atoms with Crippen molar-refractivity contribution in [2.75, 3.05) is 6.61 Å². The molecule has 0 heterocycles. The average molecular weight is 239 g/mol. The number of ether oxygens (including phenoxy) is 1. The highest BCUT2D eigenvalue weighted by Crippen LogP contribution is 2.23. The highest BCUT2D eigenvalue weighted by atomic mass is 35.5. The molecule has 6 heteroatoms. The maximum atomic E-state index is 11.8. The van der Waals surface area contributed by atoms with Crippen LogP contribution in [-0.4, -0.2) is 19.1 Å². The molecule has 0 aromatic heterocycles. The highest BCUT2D eigenvalue weighted by molar-refractivity contribution is 6.32. The van der Waals surface area contributed by atoms with E-state index in [-0.39, 0.29) is 16.3 Å². The summed E-state index contributed by atoms with van der Waals surface area (Å²) < 4.78 is 39.8. The Morgan fingerprint density at radius 3 is 2.60 bits per heavy atom. The fourth-order valence-electron chi connectivity index (χ4n) is 0.867. The summed E-state index contributed by atoms with van der Waals surface area (Å²) in [6, 6.07) is 3.72. The maximum Gasteiger partial charge on any atom is 0.422 e. The molecule has 0 bridgehead atoms. The first-order valence-corrected chi connectivity index (χ1v) is 4.24. The number of aldehydes is 1. The fourth-order valence-corrected chi connectivity index (χ4v) is 1.03. The number of carbonyl (C=O) groups is 1. The normalized spacial score (nSPS) is 11.2. The molecule has 0 saturated carbocycles. The highest BCUT2D eigenvalue weighted by Gasteiger charge is 2.28. The molecule has 0 N–H and O–H groups in total. The molecule has 0 aliphatic rings. The van der Waals surface area contributed by atoms with E-state index in [4.69, 9.17) is 11.6 Å². The quantitative estimate of drug-likeness (QED) is 0.757. The Balaban J connectivity index is 2.75. The third-order valence-corrected chi connectivity index (χ3v) is 1.84. The van der Waals surface area contributed by atoms with Crippen molar-refractivity contribution in [2.24, 2.45) is 0 Å². The van der Waals surface area contributed by atoms with Gasteiger partial charge in [0.1, 0.15) is 5.75 Å². The summed E-state index contributed by atoms with van der Waals surface area (Å²) in [6.07, 6.45) is -3.95. The number of carbonyl (C=O) groups excluding carboxylic acids is 1. The van der Waals surface area contributed by atoms with Gasteiger partial charge in [-0.2, -0.15) is 13.2 Å². The molecule has 2 nitrogen and oxygen atoms in total. The number of hydrogen-bond donors (Lipinski definition) is 0. The van der Waals surface area contributed by atoms with E-state index in [1.54, 1.807) is 0 Å². The van der Waals surface area contributed by atoms with E-state index in [9.17, 15) is 18.0 Å². The van der Waals surface area contributed by atoms with Gasteiger partial charge in [-0.05, 0) is 18.2 Å². The molecule has 0 radical (unpaired) electrons. The van der Waals surface area contributed by atoms with Crippen LogP contribution in [0.1, 0.15) is 10.4 Å². The minimum absolute atomic E-state index is 0.0428. The second-order valence-electron chi connectivity index (χ2n) is 2.71. The lowest BCUT2D eigenvalue weighted by Gasteiger charge is -2.09. The van der Waals surface area contributed by atoms with Gasteiger partial charge in [0.15, 0.2) is 12.9 Å². The molecule has 15 heavy (non-hydrogen) atoms. The van der Waals surface area contributed by atoms with Crippen LogP contribution in [0, 0.1) is 0 Å². The Hall–Kier alpha value is -1.23. The number of benzene rings is 1. The largest absolute Gasteiger partial charge is 0.484 e. The predicted molar refractivity (Wildman–Crippen MR) is 48.4 cm³/mol. The Morgan fingerprint density at radius 1 is 1.40 bits per heavy atom. The third kappa shape index (κ3) is 3.79. The van der Waals surface area contributed by atoms with Crippen molar-refractivity contribution in [3.63, 3.8) is 0 Å². The lowest BCUT2D eigenvalue weighted by Crippen LogP contribution is -2.19. The molecule has 0 amide bonds. The van der Waals surface area contributed by atoms with Crippen molar-refractivity contribution in [1.29, 1.82) is 0 Å². The van der Waals surface area contributed by atoms with Gasteiger partial charge in [-0.3, -0.25) is 4.79 Å². The first kappa shape index (κ1) is 11.8. The molecule has 0 atom stereocenters. The number of halogens is 4. The number of rotatable bonds is 3. The Bertz CT molecular complexity index is 363. The molecule has 0 aliphatic heterocycles. The van der Waals surface area contributed by atoms with E-state index in [0.717, 1.165) is 6.07 Å². The van der Waals surface area contributed by atoms with E-state index >= 15 is 0 Å². The second kappa shape index (κ2) is 4.53. The lowest BCUT2D eigenvalue weighted by atomic mass is 10.2. The van der Waals surface area contributed by atoms with E-state index in [1.165, 1.54) is 12.1 Å². The first-order valence-electron chi connectivity index (χ1n) is 3.86. The third-order valence-electron chi connectivity index (χ3n) is 1.50. The van der Waals surface area contributed by atoms with Crippen LogP contribution in [0.4, 0.5) is 13.2 Å². The molecule has 1 aromatic rings.